The van der Waals surface area contributed by atoms with Gasteiger partial charge in [0.2, 0.25) is 0 Å². The van der Waals surface area contributed by atoms with Gasteiger partial charge in [0.1, 0.15) is 0 Å². The molecule has 3 N–H and O–H groups in total. The average Bonchev–Trinajstić information content (AvgIpc) is 2.36. The second-order valence-electron chi connectivity index (χ2n) is 3.75. The molecule has 0 aromatic carbocycles. The molecule has 0 saturated heterocycles. The fourth-order valence-corrected chi connectivity index (χ4v) is 3.44. The first kappa shape index (κ1) is 17.0. The highest BCUT2D eigenvalue weighted by Gasteiger charge is 2.36. The summed E-state index contributed by atoms with van der Waals surface area (Å²) in [6.07, 6.45) is 0.905. The van der Waals surface area contributed by atoms with Gasteiger partial charge in [0.05, 0.1) is 6.61 Å². The second kappa shape index (κ2) is 9.95. The summed E-state index contributed by atoms with van der Waals surface area (Å²) in [6.45, 7) is 3.06. The van der Waals surface area contributed by atoms with Gasteiger partial charge in [-0.15, -0.1) is 0 Å². The topological polar surface area (TPSA) is 77.2 Å². The average molecular weight is 266 g/mol. The number of nitrogens with zero attached hydrogens (tertiary/aromatic N) is 1. The predicted octanol–water partition coefficient (Wildman–Crippen LogP) is -0.492. The predicted molar refractivity (Wildman–Crippen MR) is 68.8 cm³/mol. The van der Waals surface area contributed by atoms with E-state index in [0.29, 0.717) is 13.1 Å². The maximum atomic E-state index is 8.91. The SMILES string of the molecule is CO[Si](CCCN(CCN)CCO)(OC)OC. The zero-order chi connectivity index (χ0) is 13.1. The molecule has 0 aliphatic carbocycles. The third-order valence-electron chi connectivity index (χ3n) is 2.75. The van der Waals surface area contributed by atoms with E-state index in [1.54, 1.807) is 21.3 Å². The number of aliphatic hydroxyl groups excluding tert-OH is 1. The fourth-order valence-electron chi connectivity index (χ4n) is 1.73. The van der Waals surface area contributed by atoms with Crippen molar-refractivity contribution in [2.24, 2.45) is 5.73 Å². The molecular formula is C10H26N2O4Si. The first-order valence-corrected chi connectivity index (χ1v) is 7.80. The minimum Gasteiger partial charge on any atom is -0.395 e. The zero-order valence-corrected chi connectivity index (χ0v) is 12.1. The summed E-state index contributed by atoms with van der Waals surface area (Å²) < 4.78 is 16.0. The molecule has 0 fully saturated rings. The Morgan fingerprint density at radius 1 is 1.06 bits per heavy atom. The Bertz CT molecular complexity index is 167. The first-order valence-electron chi connectivity index (χ1n) is 5.86. The molecule has 0 radical (unpaired) electrons. The van der Waals surface area contributed by atoms with Crippen LogP contribution in [0.15, 0.2) is 0 Å². The second-order valence-corrected chi connectivity index (χ2v) is 6.84. The van der Waals surface area contributed by atoms with Crippen LogP contribution in [0.2, 0.25) is 6.04 Å². The lowest BCUT2D eigenvalue weighted by Crippen LogP contribution is -2.43. The molecule has 0 spiro atoms. The molecule has 0 aromatic rings. The standard InChI is InChI=1S/C10H26N2O4Si/c1-14-17(15-2,16-3)10-4-6-12(7-5-11)8-9-13/h13H,4-11H2,1-3H3. The number of hydrogen-bond acceptors (Lipinski definition) is 6. The molecule has 0 unspecified atom stereocenters. The summed E-state index contributed by atoms with van der Waals surface area (Å²) >= 11 is 0. The molecular weight excluding hydrogens is 240 g/mol. The van der Waals surface area contributed by atoms with E-state index >= 15 is 0 Å². The third kappa shape index (κ3) is 6.46. The van der Waals surface area contributed by atoms with Crippen molar-refractivity contribution < 1.29 is 18.4 Å². The van der Waals surface area contributed by atoms with Crippen molar-refractivity contribution in [3.05, 3.63) is 0 Å². The van der Waals surface area contributed by atoms with E-state index in [2.05, 4.69) is 4.90 Å². The molecule has 7 heteroatoms. The van der Waals surface area contributed by atoms with Gasteiger partial charge < -0.3 is 24.1 Å². The van der Waals surface area contributed by atoms with Crippen LogP contribution in [-0.2, 0) is 13.3 Å². The highest BCUT2D eigenvalue weighted by atomic mass is 28.4. The molecule has 0 saturated carbocycles. The van der Waals surface area contributed by atoms with Crippen molar-refractivity contribution in [2.45, 2.75) is 12.5 Å². The minimum absolute atomic E-state index is 0.154. The molecule has 0 aliphatic rings. The van der Waals surface area contributed by atoms with E-state index in [4.69, 9.17) is 24.1 Å². The van der Waals surface area contributed by atoms with Crippen LogP contribution in [0.5, 0.6) is 0 Å². The van der Waals surface area contributed by atoms with Crippen molar-refractivity contribution in [2.75, 3.05) is 54.1 Å². The quantitative estimate of drug-likeness (QED) is 0.491. The van der Waals surface area contributed by atoms with Gasteiger partial charge in [0.15, 0.2) is 0 Å². The lowest BCUT2D eigenvalue weighted by Gasteiger charge is -2.26. The highest BCUT2D eigenvalue weighted by Crippen LogP contribution is 2.15. The van der Waals surface area contributed by atoms with Crippen LogP contribution in [0, 0.1) is 0 Å². The molecule has 17 heavy (non-hydrogen) atoms. The van der Waals surface area contributed by atoms with Gasteiger partial charge in [-0.3, -0.25) is 4.90 Å². The lowest BCUT2D eigenvalue weighted by molar-refractivity contribution is 0.120. The largest absolute Gasteiger partial charge is 0.500 e. The summed E-state index contributed by atoms with van der Waals surface area (Å²) in [5, 5.41) is 8.91. The van der Waals surface area contributed by atoms with Crippen LogP contribution < -0.4 is 5.73 Å². The van der Waals surface area contributed by atoms with Crippen LogP contribution in [-0.4, -0.2) is 72.9 Å². The smallest absolute Gasteiger partial charge is 0.395 e. The van der Waals surface area contributed by atoms with E-state index < -0.39 is 8.80 Å². The Morgan fingerprint density at radius 3 is 2.06 bits per heavy atom. The monoisotopic (exact) mass is 266 g/mol. The Balaban J connectivity index is 3.99. The molecule has 0 rings (SSSR count). The van der Waals surface area contributed by atoms with E-state index in [9.17, 15) is 0 Å². The van der Waals surface area contributed by atoms with Crippen LogP contribution >= 0.6 is 0 Å². The minimum atomic E-state index is -2.45. The summed E-state index contributed by atoms with van der Waals surface area (Å²) in [5.74, 6) is 0. The molecule has 0 aromatic heterocycles. The molecule has 6 nitrogen and oxygen atoms in total. The van der Waals surface area contributed by atoms with Crippen LogP contribution in [0.25, 0.3) is 0 Å². The molecule has 0 atom stereocenters. The maximum Gasteiger partial charge on any atom is 0.500 e. The Hall–Kier alpha value is -0.0231. The Labute approximate surface area is 105 Å². The Kier molecular flexibility index (Phi) is 9.94. The number of hydrogen-bond donors (Lipinski definition) is 2. The van der Waals surface area contributed by atoms with Crippen molar-refractivity contribution in [3.8, 4) is 0 Å². The van der Waals surface area contributed by atoms with E-state index in [-0.39, 0.29) is 6.61 Å². The van der Waals surface area contributed by atoms with Gasteiger partial charge >= 0.3 is 8.80 Å². The van der Waals surface area contributed by atoms with E-state index in [0.717, 1.165) is 25.6 Å². The number of aliphatic hydroxyl groups is 1. The van der Waals surface area contributed by atoms with Gasteiger partial charge in [-0.1, -0.05) is 0 Å². The first-order chi connectivity index (χ1) is 8.17. The third-order valence-corrected chi connectivity index (χ3v) is 5.58. The molecule has 0 aliphatic heterocycles. The van der Waals surface area contributed by atoms with Crippen molar-refractivity contribution in [3.63, 3.8) is 0 Å². The fraction of sp³-hybridized carbons (Fsp3) is 1.00. The van der Waals surface area contributed by atoms with Crippen LogP contribution in [0.3, 0.4) is 0 Å². The summed E-state index contributed by atoms with van der Waals surface area (Å²) in [4.78, 5) is 2.13. The maximum absolute atomic E-state index is 8.91. The summed E-state index contributed by atoms with van der Waals surface area (Å²) in [7, 11) is 2.40. The summed E-state index contributed by atoms with van der Waals surface area (Å²) in [5.41, 5.74) is 5.51. The van der Waals surface area contributed by atoms with Gasteiger partial charge in [-0.25, -0.2) is 0 Å². The molecule has 0 heterocycles. The normalized spacial score (nSPS) is 12.4. The van der Waals surface area contributed by atoms with Gasteiger partial charge in [0, 0.05) is 47.0 Å². The van der Waals surface area contributed by atoms with Gasteiger partial charge in [-0.2, -0.15) is 0 Å². The number of rotatable bonds is 11. The van der Waals surface area contributed by atoms with Crippen LogP contribution in [0.4, 0.5) is 0 Å². The van der Waals surface area contributed by atoms with Crippen molar-refractivity contribution in [1.29, 1.82) is 0 Å². The highest BCUT2D eigenvalue weighted by molar-refractivity contribution is 6.60. The van der Waals surface area contributed by atoms with Gasteiger partial charge in [-0.05, 0) is 13.0 Å². The zero-order valence-electron chi connectivity index (χ0n) is 11.1. The molecule has 0 amide bonds. The number of nitrogens with two attached hydrogens (primary N) is 1. The van der Waals surface area contributed by atoms with E-state index in [1.165, 1.54) is 0 Å². The molecule has 0 bridgehead atoms. The molecule has 104 valence electrons. The lowest BCUT2D eigenvalue weighted by atomic mass is 10.4. The Morgan fingerprint density at radius 2 is 1.65 bits per heavy atom. The van der Waals surface area contributed by atoms with Crippen LogP contribution in [0.1, 0.15) is 6.42 Å². The van der Waals surface area contributed by atoms with Crippen molar-refractivity contribution >= 4 is 8.80 Å². The van der Waals surface area contributed by atoms with Crippen molar-refractivity contribution in [1.82, 2.24) is 4.90 Å². The van der Waals surface area contributed by atoms with E-state index in [1.807, 2.05) is 0 Å². The summed E-state index contributed by atoms with van der Waals surface area (Å²) in [6, 6.07) is 0.767. The van der Waals surface area contributed by atoms with Gasteiger partial charge in [0.25, 0.3) is 0 Å².